The molecule has 0 aromatic carbocycles. The van der Waals surface area contributed by atoms with Gasteiger partial charge in [-0.05, 0) is 0 Å². The number of halogens is 1. The highest BCUT2D eigenvalue weighted by Gasteiger charge is 2.04. The Balaban J connectivity index is 2.50. The van der Waals surface area contributed by atoms with Crippen LogP contribution in [0.25, 0.3) is 0 Å². The molecular weight excluding hydrogens is 110 g/mol. The van der Waals surface area contributed by atoms with Gasteiger partial charge in [0, 0.05) is 24.7 Å². The summed E-state index contributed by atoms with van der Waals surface area (Å²) in [5, 5.41) is 0.919. The third-order valence-corrected chi connectivity index (χ3v) is 1.17. The van der Waals surface area contributed by atoms with E-state index in [0.29, 0.717) is 0 Å². The molecule has 0 spiro atoms. The third kappa shape index (κ3) is 1.10. The summed E-state index contributed by atoms with van der Waals surface area (Å²) in [4.78, 5) is 1.96. The number of hydrogen-bond acceptors (Lipinski definition) is 1. The molecule has 1 aliphatic heterocycles. The molecule has 2 heteroatoms. The summed E-state index contributed by atoms with van der Waals surface area (Å²) < 4.78 is 0. The van der Waals surface area contributed by atoms with E-state index >= 15 is 0 Å². The van der Waals surface area contributed by atoms with Gasteiger partial charge >= 0.3 is 0 Å². The molecule has 0 aromatic heterocycles. The lowest BCUT2D eigenvalue weighted by molar-refractivity contribution is 0.575. The van der Waals surface area contributed by atoms with E-state index < -0.39 is 0 Å². The Morgan fingerprint density at radius 3 is 2.71 bits per heavy atom. The number of rotatable bonds is 0. The smallest absolute Gasteiger partial charge is 0.0537 e. The molecule has 0 unspecified atom stereocenters. The van der Waals surface area contributed by atoms with Crippen LogP contribution in [0.15, 0.2) is 11.2 Å². The maximum atomic E-state index is 5.60. The van der Waals surface area contributed by atoms with Crippen molar-refractivity contribution in [2.24, 2.45) is 0 Å². The number of nitrogens with zero attached hydrogens (tertiary/aromatic N) is 1. The van der Waals surface area contributed by atoms with Crippen LogP contribution in [0, 0.1) is 6.54 Å². The Labute approximate surface area is 48.6 Å². The first-order valence-corrected chi connectivity index (χ1v) is 2.58. The first-order chi connectivity index (χ1) is 3.29. The fourth-order valence-corrected chi connectivity index (χ4v) is 0.781. The minimum atomic E-state index is 0.901. The van der Waals surface area contributed by atoms with E-state index in [1.165, 1.54) is 0 Å². The summed E-state index contributed by atoms with van der Waals surface area (Å²) in [6.07, 6.45) is 2.81. The topological polar surface area (TPSA) is 3.24 Å². The van der Waals surface area contributed by atoms with Crippen LogP contribution in [0.3, 0.4) is 0 Å². The van der Waals surface area contributed by atoms with E-state index in [9.17, 15) is 0 Å². The van der Waals surface area contributed by atoms with Crippen LogP contribution in [0.4, 0.5) is 0 Å². The first-order valence-electron chi connectivity index (χ1n) is 2.20. The van der Waals surface area contributed by atoms with Crippen LogP contribution >= 0.6 is 11.6 Å². The highest BCUT2D eigenvalue weighted by Crippen LogP contribution is 2.18. The second-order valence-corrected chi connectivity index (χ2v) is 2.11. The predicted octanol–water partition coefficient (Wildman–Crippen LogP) is 1.56. The van der Waals surface area contributed by atoms with Gasteiger partial charge in [0.15, 0.2) is 0 Å². The van der Waals surface area contributed by atoms with Gasteiger partial charge < -0.3 is 4.90 Å². The second kappa shape index (κ2) is 1.74. The largest absolute Gasteiger partial charge is 0.374 e. The van der Waals surface area contributed by atoms with Crippen LogP contribution in [0.5, 0.6) is 0 Å². The minimum absolute atomic E-state index is 0.901. The lowest BCUT2D eigenvalue weighted by atomic mass is 10.5. The zero-order valence-corrected chi connectivity index (χ0v) is 4.94. The van der Waals surface area contributed by atoms with Crippen molar-refractivity contribution in [1.82, 2.24) is 4.90 Å². The zero-order valence-electron chi connectivity index (χ0n) is 4.19. The van der Waals surface area contributed by atoms with Gasteiger partial charge in [-0.15, -0.1) is 0 Å². The summed E-state index contributed by atoms with van der Waals surface area (Å²) in [6.45, 7) is 2.03. The van der Waals surface area contributed by atoms with Crippen LogP contribution in [-0.2, 0) is 0 Å². The summed E-state index contributed by atoms with van der Waals surface area (Å²) in [5.41, 5.74) is 0. The van der Waals surface area contributed by atoms with E-state index in [-0.39, 0.29) is 0 Å². The Bertz CT molecular complexity index is 98.3. The van der Waals surface area contributed by atoms with Crippen molar-refractivity contribution in [1.29, 1.82) is 0 Å². The van der Waals surface area contributed by atoms with E-state index in [0.717, 1.165) is 11.5 Å². The molecule has 1 nitrogen and oxygen atoms in total. The van der Waals surface area contributed by atoms with Gasteiger partial charge in [-0.3, -0.25) is 0 Å². The maximum Gasteiger partial charge on any atom is 0.0537 e. The molecule has 0 atom stereocenters. The lowest BCUT2D eigenvalue weighted by Gasteiger charge is -2.01. The second-order valence-electron chi connectivity index (χ2n) is 1.63. The van der Waals surface area contributed by atoms with Gasteiger partial charge in [0.2, 0.25) is 0 Å². The Hall–Kier alpha value is -0.170. The summed E-state index contributed by atoms with van der Waals surface area (Å²) in [5.74, 6) is 0. The molecule has 1 radical (unpaired) electrons. The fraction of sp³-hybridized carbons (Fsp3) is 0.400. The van der Waals surface area contributed by atoms with Crippen molar-refractivity contribution in [3.05, 3.63) is 17.8 Å². The molecule has 1 heterocycles. The van der Waals surface area contributed by atoms with Gasteiger partial charge in [0.1, 0.15) is 0 Å². The first kappa shape index (κ1) is 4.98. The molecule has 0 saturated carbocycles. The molecule has 7 heavy (non-hydrogen) atoms. The molecule has 0 bridgehead atoms. The molecule has 1 rings (SSSR count). The predicted molar refractivity (Wildman–Crippen MR) is 30.6 cm³/mol. The SMILES string of the molecule is CN1[CH]CC(Cl)=C1. The standard InChI is InChI=1S/C5H7ClN/c1-7-3-2-5(6)4-7/h3-4H,2H2,1H3. The van der Waals surface area contributed by atoms with Crippen molar-refractivity contribution < 1.29 is 0 Å². The van der Waals surface area contributed by atoms with E-state index in [1.807, 2.05) is 24.7 Å². The normalized spacial score (nSPS) is 20.3. The van der Waals surface area contributed by atoms with Crippen LogP contribution in [0.2, 0.25) is 0 Å². The van der Waals surface area contributed by atoms with E-state index in [2.05, 4.69) is 0 Å². The van der Waals surface area contributed by atoms with Crippen molar-refractivity contribution in [3.8, 4) is 0 Å². The van der Waals surface area contributed by atoms with Gasteiger partial charge in [-0.2, -0.15) is 0 Å². The van der Waals surface area contributed by atoms with Crippen LogP contribution in [0.1, 0.15) is 6.42 Å². The number of hydrogen-bond donors (Lipinski definition) is 0. The summed E-state index contributed by atoms with van der Waals surface area (Å²) in [6, 6.07) is 0. The molecule has 0 fully saturated rings. The summed E-state index contributed by atoms with van der Waals surface area (Å²) in [7, 11) is 1.97. The lowest BCUT2D eigenvalue weighted by Crippen LogP contribution is -1.98. The summed E-state index contributed by atoms with van der Waals surface area (Å²) >= 11 is 5.60. The van der Waals surface area contributed by atoms with Crippen LogP contribution < -0.4 is 0 Å². The van der Waals surface area contributed by atoms with Crippen molar-refractivity contribution in [3.63, 3.8) is 0 Å². The monoisotopic (exact) mass is 116 g/mol. The fourth-order valence-electron chi connectivity index (χ4n) is 0.558. The highest BCUT2D eigenvalue weighted by atomic mass is 35.5. The van der Waals surface area contributed by atoms with Gasteiger partial charge in [0.25, 0.3) is 0 Å². The maximum absolute atomic E-state index is 5.60. The van der Waals surface area contributed by atoms with Crippen molar-refractivity contribution >= 4 is 11.6 Å². The molecular formula is C5H7ClN. The van der Waals surface area contributed by atoms with E-state index in [1.54, 1.807) is 0 Å². The minimum Gasteiger partial charge on any atom is -0.374 e. The quantitative estimate of drug-likeness (QED) is 0.464. The molecule has 0 saturated heterocycles. The third-order valence-electron chi connectivity index (χ3n) is 0.918. The molecule has 0 aliphatic carbocycles. The van der Waals surface area contributed by atoms with Gasteiger partial charge in [-0.1, -0.05) is 11.6 Å². The molecule has 0 amide bonds. The zero-order chi connectivity index (χ0) is 5.28. The molecule has 0 aromatic rings. The Kier molecular flexibility index (Phi) is 1.24. The highest BCUT2D eigenvalue weighted by molar-refractivity contribution is 6.29. The Morgan fingerprint density at radius 2 is 2.57 bits per heavy atom. The van der Waals surface area contributed by atoms with Gasteiger partial charge in [-0.25, -0.2) is 0 Å². The molecule has 39 valence electrons. The van der Waals surface area contributed by atoms with Crippen molar-refractivity contribution in [2.45, 2.75) is 6.42 Å². The molecule has 0 N–H and O–H groups in total. The van der Waals surface area contributed by atoms with Crippen molar-refractivity contribution in [2.75, 3.05) is 7.05 Å². The van der Waals surface area contributed by atoms with E-state index in [4.69, 9.17) is 11.6 Å². The average Bonchev–Trinajstić information content (AvgIpc) is 1.87. The molecule has 1 aliphatic rings. The van der Waals surface area contributed by atoms with Gasteiger partial charge in [0.05, 0.1) is 6.54 Å². The van der Waals surface area contributed by atoms with Crippen LogP contribution in [-0.4, -0.2) is 11.9 Å². The average molecular weight is 117 g/mol. The Morgan fingerprint density at radius 1 is 1.86 bits per heavy atom.